The fourth-order valence-electron chi connectivity index (χ4n) is 3.27. The lowest BCUT2D eigenvalue weighted by atomic mass is 10.1. The maximum atomic E-state index is 4.19. The maximum Gasteiger partial charge on any atom is 0.0949 e. The van der Waals surface area contributed by atoms with Gasteiger partial charge in [-0.05, 0) is 50.1 Å². The molecule has 3 atom stereocenters. The molecule has 0 aliphatic heterocycles. The van der Waals surface area contributed by atoms with Crippen LogP contribution in [0.3, 0.4) is 0 Å². The van der Waals surface area contributed by atoms with Crippen LogP contribution in [-0.2, 0) is 0 Å². The molecule has 112 valence electrons. The second-order valence-corrected chi connectivity index (χ2v) is 6.66. The Hall–Kier alpha value is -1.26. The minimum atomic E-state index is 0.384. The molecule has 0 bridgehead atoms. The van der Waals surface area contributed by atoms with E-state index in [1.54, 1.807) is 11.8 Å². The van der Waals surface area contributed by atoms with Gasteiger partial charge in [0.1, 0.15) is 0 Å². The van der Waals surface area contributed by atoms with Gasteiger partial charge in [0.2, 0.25) is 0 Å². The quantitative estimate of drug-likeness (QED) is 0.845. The Morgan fingerprint density at radius 3 is 2.76 bits per heavy atom. The number of nitrogens with one attached hydrogen (secondary N) is 1. The van der Waals surface area contributed by atoms with Crippen LogP contribution in [0.4, 0.5) is 0 Å². The van der Waals surface area contributed by atoms with E-state index in [1.807, 2.05) is 12.5 Å². The van der Waals surface area contributed by atoms with E-state index in [0.29, 0.717) is 18.1 Å². The zero-order valence-corrected chi connectivity index (χ0v) is 13.5. The van der Waals surface area contributed by atoms with Crippen molar-refractivity contribution in [3.63, 3.8) is 0 Å². The van der Waals surface area contributed by atoms with Gasteiger partial charge in [-0.2, -0.15) is 0 Å². The van der Waals surface area contributed by atoms with Crippen molar-refractivity contribution in [3.8, 4) is 0 Å². The first-order chi connectivity index (χ1) is 10.3. The number of nitrogens with zero attached hydrogens (tertiary/aromatic N) is 2. The largest absolute Gasteiger partial charge is 0.333 e. The van der Waals surface area contributed by atoms with E-state index >= 15 is 0 Å². The van der Waals surface area contributed by atoms with Crippen LogP contribution in [0.15, 0.2) is 47.9 Å². The summed E-state index contributed by atoms with van der Waals surface area (Å²) < 4.78 is 2.26. The average molecular weight is 301 g/mol. The van der Waals surface area contributed by atoms with Crippen molar-refractivity contribution in [1.82, 2.24) is 14.9 Å². The van der Waals surface area contributed by atoms with Gasteiger partial charge in [-0.1, -0.05) is 12.1 Å². The third-order valence-corrected chi connectivity index (χ3v) is 5.21. The summed E-state index contributed by atoms with van der Waals surface area (Å²) in [7, 11) is 0. The Labute approximate surface area is 131 Å². The molecule has 0 amide bonds. The molecule has 4 heteroatoms. The molecule has 1 aromatic heterocycles. The Bertz CT molecular complexity index is 550. The standard InChI is InChI=1S/C17H23N3S/c1-13(14-6-8-15(21-2)9-7-14)19-16-4-3-5-17(16)20-11-10-18-12-20/h6-13,16-17,19H,3-5H2,1-2H3. The second-order valence-electron chi connectivity index (χ2n) is 5.78. The van der Waals surface area contributed by atoms with Crippen LogP contribution in [0.2, 0.25) is 0 Å². The molecule has 3 unspecified atom stereocenters. The topological polar surface area (TPSA) is 29.9 Å². The minimum Gasteiger partial charge on any atom is -0.333 e. The van der Waals surface area contributed by atoms with E-state index in [9.17, 15) is 0 Å². The summed E-state index contributed by atoms with van der Waals surface area (Å²) >= 11 is 1.79. The maximum absolute atomic E-state index is 4.19. The first-order valence-electron chi connectivity index (χ1n) is 7.65. The van der Waals surface area contributed by atoms with Crippen LogP contribution in [-0.4, -0.2) is 21.8 Å². The molecule has 1 aromatic carbocycles. The molecule has 0 radical (unpaired) electrons. The summed E-state index contributed by atoms with van der Waals surface area (Å²) in [6.07, 6.45) is 11.8. The molecular formula is C17H23N3S. The monoisotopic (exact) mass is 301 g/mol. The average Bonchev–Trinajstić information content (AvgIpc) is 3.18. The fraction of sp³-hybridized carbons (Fsp3) is 0.471. The lowest BCUT2D eigenvalue weighted by Gasteiger charge is -2.26. The molecule has 1 N–H and O–H groups in total. The Morgan fingerprint density at radius 2 is 2.10 bits per heavy atom. The number of aromatic nitrogens is 2. The smallest absolute Gasteiger partial charge is 0.0949 e. The highest BCUT2D eigenvalue weighted by Gasteiger charge is 2.29. The van der Waals surface area contributed by atoms with E-state index in [1.165, 1.54) is 29.7 Å². The molecule has 1 heterocycles. The van der Waals surface area contributed by atoms with Gasteiger partial charge in [-0.15, -0.1) is 11.8 Å². The molecule has 1 fully saturated rings. The van der Waals surface area contributed by atoms with Crippen LogP contribution in [0.1, 0.15) is 43.8 Å². The van der Waals surface area contributed by atoms with E-state index in [4.69, 9.17) is 0 Å². The van der Waals surface area contributed by atoms with Crippen LogP contribution in [0, 0.1) is 0 Å². The number of benzene rings is 1. The van der Waals surface area contributed by atoms with E-state index in [0.717, 1.165) is 0 Å². The molecule has 0 spiro atoms. The van der Waals surface area contributed by atoms with Crippen molar-refractivity contribution in [1.29, 1.82) is 0 Å². The normalized spacial score (nSPS) is 23.3. The van der Waals surface area contributed by atoms with Gasteiger partial charge in [0, 0.05) is 35.4 Å². The van der Waals surface area contributed by atoms with Crippen LogP contribution >= 0.6 is 11.8 Å². The Kier molecular flexibility index (Phi) is 4.66. The zero-order chi connectivity index (χ0) is 14.7. The number of hydrogen-bond donors (Lipinski definition) is 1. The molecule has 1 aliphatic carbocycles. The molecule has 3 rings (SSSR count). The van der Waals surface area contributed by atoms with Crippen molar-refractivity contribution in [2.24, 2.45) is 0 Å². The summed E-state index contributed by atoms with van der Waals surface area (Å²) in [6.45, 7) is 2.26. The summed E-state index contributed by atoms with van der Waals surface area (Å²) in [5.74, 6) is 0. The van der Waals surface area contributed by atoms with E-state index in [-0.39, 0.29) is 0 Å². The van der Waals surface area contributed by atoms with Crippen LogP contribution < -0.4 is 5.32 Å². The van der Waals surface area contributed by atoms with Crippen molar-refractivity contribution >= 4 is 11.8 Å². The van der Waals surface area contributed by atoms with Crippen molar-refractivity contribution in [3.05, 3.63) is 48.5 Å². The zero-order valence-electron chi connectivity index (χ0n) is 12.7. The number of imidazole rings is 1. The van der Waals surface area contributed by atoms with Gasteiger partial charge in [-0.3, -0.25) is 0 Å². The molecule has 3 nitrogen and oxygen atoms in total. The van der Waals surface area contributed by atoms with Crippen LogP contribution in [0.5, 0.6) is 0 Å². The van der Waals surface area contributed by atoms with Crippen LogP contribution in [0.25, 0.3) is 0 Å². The van der Waals surface area contributed by atoms with Crippen molar-refractivity contribution in [2.75, 3.05) is 6.26 Å². The molecular weight excluding hydrogens is 278 g/mol. The van der Waals surface area contributed by atoms with Crippen molar-refractivity contribution in [2.45, 2.75) is 49.2 Å². The lowest BCUT2D eigenvalue weighted by Crippen LogP contribution is -2.35. The van der Waals surface area contributed by atoms with Gasteiger partial charge in [0.05, 0.1) is 6.33 Å². The highest BCUT2D eigenvalue weighted by atomic mass is 32.2. The molecule has 0 saturated heterocycles. The highest BCUT2D eigenvalue weighted by Crippen LogP contribution is 2.31. The number of rotatable bonds is 5. The van der Waals surface area contributed by atoms with Gasteiger partial charge in [0.25, 0.3) is 0 Å². The van der Waals surface area contributed by atoms with Gasteiger partial charge < -0.3 is 9.88 Å². The van der Waals surface area contributed by atoms with Gasteiger partial charge in [0.15, 0.2) is 0 Å². The predicted octanol–water partition coefficient (Wildman–Crippen LogP) is 4.05. The molecule has 21 heavy (non-hydrogen) atoms. The summed E-state index contributed by atoms with van der Waals surface area (Å²) in [4.78, 5) is 5.51. The summed E-state index contributed by atoms with van der Waals surface area (Å²) in [5.41, 5.74) is 1.36. The van der Waals surface area contributed by atoms with Gasteiger partial charge >= 0.3 is 0 Å². The third-order valence-electron chi connectivity index (χ3n) is 4.47. The lowest BCUT2D eigenvalue weighted by molar-refractivity contribution is 0.362. The Morgan fingerprint density at radius 1 is 1.29 bits per heavy atom. The van der Waals surface area contributed by atoms with E-state index in [2.05, 4.69) is 58.5 Å². The molecule has 1 aliphatic rings. The predicted molar refractivity (Wildman–Crippen MR) is 88.7 cm³/mol. The first-order valence-corrected chi connectivity index (χ1v) is 8.88. The fourth-order valence-corrected chi connectivity index (χ4v) is 3.68. The summed E-state index contributed by atoms with van der Waals surface area (Å²) in [5, 5.41) is 3.82. The SMILES string of the molecule is CSc1ccc(C(C)NC2CCCC2n2ccnc2)cc1. The van der Waals surface area contributed by atoms with E-state index < -0.39 is 0 Å². The molecule has 1 saturated carbocycles. The highest BCUT2D eigenvalue weighted by molar-refractivity contribution is 7.98. The van der Waals surface area contributed by atoms with Gasteiger partial charge in [-0.25, -0.2) is 4.98 Å². The minimum absolute atomic E-state index is 0.384. The second kappa shape index (κ2) is 6.67. The van der Waals surface area contributed by atoms with Crippen molar-refractivity contribution < 1.29 is 0 Å². The number of hydrogen-bond acceptors (Lipinski definition) is 3. The molecule has 2 aromatic rings. The third kappa shape index (κ3) is 3.33. The first kappa shape index (κ1) is 14.7. The summed E-state index contributed by atoms with van der Waals surface area (Å²) in [6, 6.07) is 10.4. The Balaban J connectivity index is 1.67. The number of thioether (sulfide) groups is 1.